The van der Waals surface area contributed by atoms with Gasteiger partial charge in [0.1, 0.15) is 18.1 Å². The summed E-state index contributed by atoms with van der Waals surface area (Å²) < 4.78 is 8.26. The Morgan fingerprint density at radius 2 is 2.03 bits per heavy atom. The molecule has 29 heavy (non-hydrogen) atoms. The molecular formula is C20H21BrN4O3S. The lowest BCUT2D eigenvalue weighted by Gasteiger charge is -2.09. The maximum absolute atomic E-state index is 12.1. The number of benzene rings is 2. The Morgan fingerprint density at radius 1 is 1.24 bits per heavy atom. The first-order valence-corrected chi connectivity index (χ1v) is 10.9. The van der Waals surface area contributed by atoms with Gasteiger partial charge >= 0.3 is 0 Å². The number of aromatic nitrogens is 3. The third kappa shape index (κ3) is 5.74. The molecular weight excluding hydrogens is 456 g/mol. The van der Waals surface area contributed by atoms with Crippen LogP contribution in [0, 0.1) is 0 Å². The first kappa shape index (κ1) is 21.2. The van der Waals surface area contributed by atoms with E-state index in [2.05, 4.69) is 31.4 Å². The highest BCUT2D eigenvalue weighted by atomic mass is 79.9. The van der Waals surface area contributed by atoms with Crippen molar-refractivity contribution in [3.63, 3.8) is 0 Å². The van der Waals surface area contributed by atoms with Crippen molar-refractivity contribution in [1.29, 1.82) is 0 Å². The van der Waals surface area contributed by atoms with E-state index < -0.39 is 0 Å². The lowest BCUT2D eigenvalue weighted by atomic mass is 10.2. The van der Waals surface area contributed by atoms with E-state index in [9.17, 15) is 9.90 Å². The van der Waals surface area contributed by atoms with E-state index in [1.165, 1.54) is 11.8 Å². The number of aromatic hydroxyl groups is 1. The molecule has 3 rings (SSSR count). The van der Waals surface area contributed by atoms with Gasteiger partial charge in [0.25, 0.3) is 0 Å². The Balaban J connectivity index is 1.53. The fourth-order valence-electron chi connectivity index (χ4n) is 2.62. The van der Waals surface area contributed by atoms with Crippen molar-refractivity contribution in [2.75, 3.05) is 18.9 Å². The van der Waals surface area contributed by atoms with Crippen LogP contribution >= 0.6 is 27.7 Å². The average molecular weight is 477 g/mol. The topological polar surface area (TPSA) is 89.3 Å². The first-order chi connectivity index (χ1) is 14.1. The predicted octanol–water partition coefficient (Wildman–Crippen LogP) is 3.72. The van der Waals surface area contributed by atoms with Crippen LogP contribution in [0.15, 0.2) is 58.2 Å². The van der Waals surface area contributed by atoms with Crippen LogP contribution in [0.1, 0.15) is 6.92 Å². The Kier molecular flexibility index (Phi) is 7.54. The summed E-state index contributed by atoms with van der Waals surface area (Å²) in [5.41, 5.74) is 0.586. The molecule has 0 aliphatic heterocycles. The van der Waals surface area contributed by atoms with Crippen LogP contribution in [-0.2, 0) is 11.3 Å². The van der Waals surface area contributed by atoms with E-state index in [1.807, 2.05) is 41.8 Å². The Labute approximate surface area is 181 Å². The summed E-state index contributed by atoms with van der Waals surface area (Å²) in [7, 11) is 0. The standard InChI is InChI=1S/C20H21BrN4O3S/c1-2-25-19(16-12-14(21)8-9-17(16)26)23-24-20(25)29-13-18(27)22-10-11-28-15-6-4-3-5-7-15/h3-9,12,26H,2,10-11,13H2,1H3,(H,22,27). The van der Waals surface area contributed by atoms with Gasteiger partial charge in [0, 0.05) is 11.0 Å². The zero-order valence-corrected chi connectivity index (χ0v) is 18.2. The van der Waals surface area contributed by atoms with Gasteiger partial charge in [0.05, 0.1) is 17.9 Å². The lowest BCUT2D eigenvalue weighted by molar-refractivity contribution is -0.118. The van der Waals surface area contributed by atoms with Crippen LogP contribution in [0.3, 0.4) is 0 Å². The van der Waals surface area contributed by atoms with Gasteiger partial charge in [-0.05, 0) is 37.3 Å². The molecule has 1 aromatic heterocycles. The molecule has 0 aliphatic carbocycles. The number of nitrogens with one attached hydrogen (secondary N) is 1. The molecule has 1 amide bonds. The van der Waals surface area contributed by atoms with Crippen molar-refractivity contribution in [3.05, 3.63) is 53.0 Å². The summed E-state index contributed by atoms with van der Waals surface area (Å²) >= 11 is 4.71. The highest BCUT2D eigenvalue weighted by molar-refractivity contribution is 9.10. The van der Waals surface area contributed by atoms with Crippen molar-refractivity contribution < 1.29 is 14.6 Å². The molecule has 152 valence electrons. The molecule has 0 saturated heterocycles. The molecule has 2 N–H and O–H groups in total. The van der Waals surface area contributed by atoms with Crippen LogP contribution in [0.2, 0.25) is 0 Å². The number of hydrogen-bond acceptors (Lipinski definition) is 6. The van der Waals surface area contributed by atoms with Gasteiger partial charge in [-0.2, -0.15) is 0 Å². The quantitative estimate of drug-likeness (QED) is 0.361. The lowest BCUT2D eigenvalue weighted by Crippen LogP contribution is -2.29. The Bertz CT molecular complexity index is 966. The number of carbonyl (C=O) groups excluding carboxylic acids is 1. The number of carbonyl (C=O) groups is 1. The molecule has 7 nitrogen and oxygen atoms in total. The highest BCUT2D eigenvalue weighted by Crippen LogP contribution is 2.32. The number of ether oxygens (including phenoxy) is 1. The van der Waals surface area contributed by atoms with Gasteiger partial charge in [0.2, 0.25) is 5.91 Å². The summed E-state index contributed by atoms with van der Waals surface area (Å²) in [6, 6.07) is 14.6. The Morgan fingerprint density at radius 3 is 2.79 bits per heavy atom. The smallest absolute Gasteiger partial charge is 0.230 e. The van der Waals surface area contributed by atoms with E-state index in [0.29, 0.717) is 36.2 Å². The second-order valence-corrected chi connectivity index (χ2v) is 7.87. The molecule has 0 saturated carbocycles. The number of phenols is 1. The fourth-order valence-corrected chi connectivity index (χ4v) is 3.82. The number of thioether (sulfide) groups is 1. The van der Waals surface area contributed by atoms with Crippen molar-refractivity contribution >= 4 is 33.6 Å². The largest absolute Gasteiger partial charge is 0.507 e. The molecule has 0 spiro atoms. The minimum atomic E-state index is -0.107. The number of para-hydroxylation sites is 1. The van der Waals surface area contributed by atoms with Crippen molar-refractivity contribution in [3.8, 4) is 22.9 Å². The minimum Gasteiger partial charge on any atom is -0.507 e. The number of halogens is 1. The minimum absolute atomic E-state index is 0.107. The van der Waals surface area contributed by atoms with Gasteiger partial charge < -0.3 is 19.7 Å². The van der Waals surface area contributed by atoms with Crippen molar-refractivity contribution in [1.82, 2.24) is 20.1 Å². The molecule has 0 radical (unpaired) electrons. The van der Waals surface area contributed by atoms with Gasteiger partial charge in [0.15, 0.2) is 11.0 Å². The molecule has 0 fully saturated rings. The molecule has 2 aromatic carbocycles. The Hall–Kier alpha value is -2.52. The van der Waals surface area contributed by atoms with E-state index >= 15 is 0 Å². The van der Waals surface area contributed by atoms with Gasteiger partial charge in [-0.1, -0.05) is 45.9 Å². The second kappa shape index (κ2) is 10.3. The van der Waals surface area contributed by atoms with Crippen LogP contribution in [0.25, 0.3) is 11.4 Å². The van der Waals surface area contributed by atoms with E-state index in [0.717, 1.165) is 10.2 Å². The molecule has 0 unspecified atom stereocenters. The predicted molar refractivity (Wildman–Crippen MR) is 116 cm³/mol. The second-order valence-electron chi connectivity index (χ2n) is 6.01. The molecule has 0 atom stereocenters. The maximum atomic E-state index is 12.1. The third-order valence-electron chi connectivity index (χ3n) is 4.00. The summed E-state index contributed by atoms with van der Waals surface area (Å²) in [5.74, 6) is 1.57. The normalized spacial score (nSPS) is 10.7. The maximum Gasteiger partial charge on any atom is 0.230 e. The monoisotopic (exact) mass is 476 g/mol. The molecule has 0 aliphatic rings. The average Bonchev–Trinajstić information content (AvgIpc) is 3.15. The van der Waals surface area contributed by atoms with E-state index in [4.69, 9.17) is 4.74 Å². The van der Waals surface area contributed by atoms with Crippen LogP contribution in [0.4, 0.5) is 0 Å². The number of nitrogens with zero attached hydrogens (tertiary/aromatic N) is 3. The highest BCUT2D eigenvalue weighted by Gasteiger charge is 2.17. The van der Waals surface area contributed by atoms with Gasteiger partial charge in [-0.3, -0.25) is 4.79 Å². The fraction of sp³-hybridized carbons (Fsp3) is 0.250. The molecule has 1 heterocycles. The summed E-state index contributed by atoms with van der Waals surface area (Å²) in [6.45, 7) is 3.40. The molecule has 9 heteroatoms. The van der Waals surface area contributed by atoms with Gasteiger partial charge in [-0.15, -0.1) is 10.2 Å². The summed E-state index contributed by atoms with van der Waals surface area (Å²) in [5, 5.41) is 22.0. The van der Waals surface area contributed by atoms with Crippen LogP contribution in [0.5, 0.6) is 11.5 Å². The summed E-state index contributed by atoms with van der Waals surface area (Å²) in [4.78, 5) is 12.1. The van der Waals surface area contributed by atoms with Crippen molar-refractivity contribution in [2.24, 2.45) is 0 Å². The third-order valence-corrected chi connectivity index (χ3v) is 5.46. The SMILES string of the molecule is CCn1c(SCC(=O)NCCOc2ccccc2)nnc1-c1cc(Br)ccc1O. The van der Waals surface area contributed by atoms with Gasteiger partial charge in [-0.25, -0.2) is 0 Å². The van der Waals surface area contributed by atoms with E-state index in [1.54, 1.807) is 18.2 Å². The van der Waals surface area contributed by atoms with Crippen molar-refractivity contribution in [2.45, 2.75) is 18.6 Å². The number of amides is 1. The molecule has 0 bridgehead atoms. The van der Waals surface area contributed by atoms with E-state index in [-0.39, 0.29) is 17.4 Å². The number of phenolic OH excluding ortho intramolecular Hbond substituents is 1. The van der Waals surface area contributed by atoms with Crippen LogP contribution < -0.4 is 10.1 Å². The zero-order chi connectivity index (χ0) is 20.6. The molecule has 3 aromatic rings. The van der Waals surface area contributed by atoms with Crippen LogP contribution in [-0.4, -0.2) is 44.7 Å². The summed E-state index contributed by atoms with van der Waals surface area (Å²) in [6.07, 6.45) is 0. The zero-order valence-electron chi connectivity index (χ0n) is 15.8. The number of hydrogen-bond donors (Lipinski definition) is 2. The number of rotatable bonds is 9. The first-order valence-electron chi connectivity index (χ1n) is 9.08.